The molecule has 2 aliphatic rings. The van der Waals surface area contributed by atoms with Gasteiger partial charge in [0, 0.05) is 37.3 Å². The maximum absolute atomic E-state index is 11.5. The summed E-state index contributed by atoms with van der Waals surface area (Å²) in [4.78, 5) is 24.8. The van der Waals surface area contributed by atoms with Crippen LogP contribution in [-0.4, -0.2) is 74.8 Å². The molecule has 2 aliphatic heterocycles. The molecule has 0 atom stereocenters. The van der Waals surface area contributed by atoms with E-state index in [2.05, 4.69) is 31.8 Å². The van der Waals surface area contributed by atoms with Gasteiger partial charge in [0.25, 0.3) is 0 Å². The molecular formula is C25H38N6O3. The van der Waals surface area contributed by atoms with E-state index in [0.29, 0.717) is 24.1 Å². The Morgan fingerprint density at radius 1 is 1.24 bits per heavy atom. The number of aliphatic imine (C=N–C) groups is 2. The van der Waals surface area contributed by atoms with E-state index in [1.54, 1.807) is 7.11 Å². The second-order valence-corrected chi connectivity index (χ2v) is 8.65. The number of piperidine rings is 1. The van der Waals surface area contributed by atoms with Crippen molar-refractivity contribution >= 4 is 24.3 Å². The molecule has 0 aromatic heterocycles. The van der Waals surface area contributed by atoms with Gasteiger partial charge in [0.2, 0.25) is 11.9 Å². The third-order valence-corrected chi connectivity index (χ3v) is 6.34. The summed E-state index contributed by atoms with van der Waals surface area (Å²) in [7, 11) is 1.64. The van der Waals surface area contributed by atoms with E-state index in [1.807, 2.05) is 31.2 Å². The van der Waals surface area contributed by atoms with Crippen LogP contribution in [0.15, 0.2) is 40.1 Å². The minimum absolute atomic E-state index is 0.0680. The van der Waals surface area contributed by atoms with Gasteiger partial charge in [0.1, 0.15) is 5.82 Å². The molecule has 186 valence electrons. The highest BCUT2D eigenvalue weighted by Crippen LogP contribution is 2.30. The second-order valence-electron chi connectivity index (χ2n) is 8.65. The fourth-order valence-corrected chi connectivity index (χ4v) is 4.40. The van der Waals surface area contributed by atoms with Gasteiger partial charge in [-0.25, -0.2) is 4.99 Å². The zero-order valence-electron chi connectivity index (χ0n) is 20.5. The fourth-order valence-electron chi connectivity index (χ4n) is 4.40. The van der Waals surface area contributed by atoms with Crippen LogP contribution in [0.3, 0.4) is 0 Å². The molecule has 2 saturated heterocycles. The third-order valence-electron chi connectivity index (χ3n) is 6.34. The van der Waals surface area contributed by atoms with Crippen molar-refractivity contribution in [1.82, 2.24) is 9.80 Å². The molecule has 34 heavy (non-hydrogen) atoms. The quantitative estimate of drug-likeness (QED) is 0.309. The Labute approximate surface area is 202 Å². The van der Waals surface area contributed by atoms with Crippen molar-refractivity contribution in [2.75, 3.05) is 51.8 Å². The number of nitrogens with one attached hydrogen (secondary N) is 1. The summed E-state index contributed by atoms with van der Waals surface area (Å²) in [6.07, 6.45) is 6.94. The van der Waals surface area contributed by atoms with Gasteiger partial charge in [-0.15, -0.1) is 0 Å². The molecule has 3 rings (SSSR count). The number of rotatable bonds is 10. The van der Waals surface area contributed by atoms with Crippen LogP contribution < -0.4 is 20.5 Å². The first-order valence-corrected chi connectivity index (χ1v) is 12.1. The molecule has 0 aliphatic carbocycles. The Hall–Kier alpha value is -3.07. The summed E-state index contributed by atoms with van der Waals surface area (Å²) in [6.45, 7) is 11.1. The molecule has 1 amide bonds. The number of amides is 1. The standard InChI is InChI=1S/C25H38N6O3/c1-4-23(31-15-10-19(11-16-31)24(26)32)29-25(27-2)28-20-8-9-21(33-3)22(18-20)34-17-7-14-30-12-5-6-13-30/h4,8-9,18-19H,2,5-7,10-17H2,1,3H3,(H2,26,32)(H,28,29)/b23-4+. The number of methoxy groups -OCH3 is 1. The predicted molar refractivity (Wildman–Crippen MR) is 137 cm³/mol. The van der Waals surface area contributed by atoms with Crippen LogP contribution in [0.5, 0.6) is 11.5 Å². The second kappa shape index (κ2) is 13.0. The number of likely N-dealkylation sites (tertiary alicyclic amines) is 2. The summed E-state index contributed by atoms with van der Waals surface area (Å²) in [5, 5.41) is 3.22. The molecule has 1 aromatic carbocycles. The van der Waals surface area contributed by atoms with Gasteiger partial charge in [-0.3, -0.25) is 4.79 Å². The lowest BCUT2D eigenvalue weighted by atomic mass is 9.96. The van der Waals surface area contributed by atoms with Crippen molar-refractivity contribution < 1.29 is 14.3 Å². The predicted octanol–water partition coefficient (Wildman–Crippen LogP) is 3.09. The number of nitrogens with two attached hydrogens (primary N) is 1. The zero-order valence-corrected chi connectivity index (χ0v) is 20.5. The molecule has 2 fully saturated rings. The van der Waals surface area contributed by atoms with Gasteiger partial charge < -0.3 is 30.3 Å². The first-order valence-electron chi connectivity index (χ1n) is 12.1. The lowest BCUT2D eigenvalue weighted by molar-refractivity contribution is -0.123. The van der Waals surface area contributed by atoms with Crippen molar-refractivity contribution in [3.05, 3.63) is 30.1 Å². The highest BCUT2D eigenvalue weighted by Gasteiger charge is 2.24. The fraction of sp³-hybridized carbons (Fsp3) is 0.560. The Morgan fingerprint density at radius 3 is 2.59 bits per heavy atom. The maximum atomic E-state index is 11.5. The number of allylic oxidation sites excluding steroid dienone is 1. The molecule has 9 nitrogen and oxygen atoms in total. The van der Waals surface area contributed by atoms with E-state index in [9.17, 15) is 4.79 Å². The average Bonchev–Trinajstić information content (AvgIpc) is 3.38. The number of carbonyl (C=O) groups is 1. The number of hydrogen-bond acceptors (Lipinski definition) is 6. The Balaban J connectivity index is 1.61. The van der Waals surface area contributed by atoms with Crippen LogP contribution in [0.2, 0.25) is 0 Å². The molecule has 9 heteroatoms. The first kappa shape index (κ1) is 25.6. The van der Waals surface area contributed by atoms with E-state index in [1.165, 1.54) is 25.9 Å². The molecule has 0 radical (unpaired) electrons. The molecule has 0 bridgehead atoms. The normalized spacial score (nSPS) is 18.1. The number of hydrogen-bond donors (Lipinski definition) is 2. The van der Waals surface area contributed by atoms with Gasteiger partial charge in [-0.1, -0.05) is 0 Å². The summed E-state index contributed by atoms with van der Waals surface area (Å²) in [6, 6.07) is 5.65. The smallest absolute Gasteiger partial charge is 0.228 e. The number of guanidine groups is 1. The van der Waals surface area contributed by atoms with Gasteiger partial charge >= 0.3 is 0 Å². The number of nitrogens with zero attached hydrogens (tertiary/aromatic N) is 4. The Bertz CT molecular complexity index is 887. The minimum Gasteiger partial charge on any atom is -0.493 e. The lowest BCUT2D eigenvalue weighted by Crippen LogP contribution is -2.38. The van der Waals surface area contributed by atoms with Crippen molar-refractivity contribution in [2.24, 2.45) is 21.6 Å². The maximum Gasteiger partial charge on any atom is 0.228 e. The number of anilines is 1. The van der Waals surface area contributed by atoms with E-state index in [4.69, 9.17) is 15.2 Å². The molecular weight excluding hydrogens is 432 g/mol. The van der Waals surface area contributed by atoms with Crippen LogP contribution >= 0.6 is 0 Å². The summed E-state index contributed by atoms with van der Waals surface area (Å²) in [5.74, 6) is 2.23. The van der Waals surface area contributed by atoms with E-state index >= 15 is 0 Å². The highest BCUT2D eigenvalue weighted by molar-refractivity contribution is 5.97. The van der Waals surface area contributed by atoms with E-state index in [0.717, 1.165) is 50.4 Å². The number of carbonyl (C=O) groups excluding carboxylic acids is 1. The number of ether oxygens (including phenoxy) is 2. The van der Waals surface area contributed by atoms with Crippen molar-refractivity contribution in [1.29, 1.82) is 0 Å². The molecule has 2 heterocycles. The van der Waals surface area contributed by atoms with Crippen molar-refractivity contribution in [3.8, 4) is 11.5 Å². The first-order chi connectivity index (χ1) is 16.5. The monoisotopic (exact) mass is 470 g/mol. The minimum atomic E-state index is -0.228. The van der Waals surface area contributed by atoms with Crippen molar-refractivity contribution in [2.45, 2.75) is 39.0 Å². The topological polar surface area (TPSA) is 105 Å². The van der Waals surface area contributed by atoms with Gasteiger partial charge in [-0.05, 0) is 77.0 Å². The van der Waals surface area contributed by atoms with Gasteiger partial charge in [-0.2, -0.15) is 4.99 Å². The van der Waals surface area contributed by atoms with Gasteiger partial charge in [0.15, 0.2) is 11.5 Å². The SMILES string of the molecule is C=N/C(=N\C(=C/C)N1CCC(C(N)=O)CC1)Nc1ccc(OC)c(OCCCN2CCCC2)c1. The summed E-state index contributed by atoms with van der Waals surface area (Å²) >= 11 is 0. The summed E-state index contributed by atoms with van der Waals surface area (Å²) < 4.78 is 11.5. The number of benzene rings is 1. The Morgan fingerprint density at radius 2 is 1.97 bits per heavy atom. The molecule has 0 saturated carbocycles. The molecule has 3 N–H and O–H groups in total. The third kappa shape index (κ3) is 7.21. The van der Waals surface area contributed by atoms with Gasteiger partial charge in [0.05, 0.1) is 13.7 Å². The molecule has 0 unspecified atom stereocenters. The molecule has 1 aromatic rings. The van der Waals surface area contributed by atoms with Crippen LogP contribution in [0.4, 0.5) is 5.69 Å². The zero-order chi connectivity index (χ0) is 24.3. The van der Waals surface area contributed by atoms with Crippen LogP contribution in [-0.2, 0) is 4.79 Å². The van der Waals surface area contributed by atoms with Crippen LogP contribution in [0, 0.1) is 5.92 Å². The molecule has 0 spiro atoms. The largest absolute Gasteiger partial charge is 0.493 e. The van der Waals surface area contributed by atoms with E-state index < -0.39 is 0 Å². The van der Waals surface area contributed by atoms with Crippen molar-refractivity contribution in [3.63, 3.8) is 0 Å². The van der Waals surface area contributed by atoms with E-state index in [-0.39, 0.29) is 11.8 Å². The highest BCUT2D eigenvalue weighted by atomic mass is 16.5. The summed E-state index contributed by atoms with van der Waals surface area (Å²) in [5.41, 5.74) is 6.24. The Kier molecular flexibility index (Phi) is 9.75. The van der Waals surface area contributed by atoms with Crippen LogP contribution in [0.1, 0.15) is 39.0 Å². The average molecular weight is 471 g/mol. The number of primary amides is 1. The van der Waals surface area contributed by atoms with Crippen LogP contribution in [0.25, 0.3) is 0 Å². The lowest BCUT2D eigenvalue weighted by Gasteiger charge is -2.32.